The zero-order valence-electron chi connectivity index (χ0n) is 13.2. The van der Waals surface area contributed by atoms with Gasteiger partial charge < -0.3 is 0 Å². The van der Waals surface area contributed by atoms with E-state index in [1.807, 2.05) is 17.8 Å². The molecule has 1 aromatic rings. The fraction of sp³-hybridized carbons (Fsp3) is 0.611. The summed E-state index contributed by atoms with van der Waals surface area (Å²) in [5.41, 5.74) is -0.119. The largest absolute Gasteiger partial charge is 0.299 e. The van der Waals surface area contributed by atoms with E-state index in [9.17, 15) is 4.79 Å². The molecule has 0 spiro atoms. The van der Waals surface area contributed by atoms with Crippen LogP contribution in [0.25, 0.3) is 0 Å². The summed E-state index contributed by atoms with van der Waals surface area (Å²) >= 11 is 1.84. The molecule has 1 aromatic carbocycles. The molecule has 0 aliphatic carbocycles. The Morgan fingerprint density at radius 1 is 1.05 bits per heavy atom. The van der Waals surface area contributed by atoms with Gasteiger partial charge in [-0.25, -0.2) is 0 Å². The van der Waals surface area contributed by atoms with Crippen LogP contribution in [0.2, 0.25) is 0 Å². The predicted molar refractivity (Wildman–Crippen MR) is 89.3 cm³/mol. The van der Waals surface area contributed by atoms with Crippen LogP contribution < -0.4 is 0 Å². The number of benzene rings is 1. The fourth-order valence-corrected chi connectivity index (χ4v) is 3.78. The Bertz CT molecular complexity index is 378. The average molecular weight is 292 g/mol. The van der Waals surface area contributed by atoms with Gasteiger partial charge in [0.2, 0.25) is 0 Å². The van der Waals surface area contributed by atoms with Crippen LogP contribution in [0.1, 0.15) is 59.3 Å². The molecule has 0 aliphatic rings. The molecule has 20 heavy (non-hydrogen) atoms. The van der Waals surface area contributed by atoms with Crippen LogP contribution in [-0.2, 0) is 4.79 Å². The second-order valence-electron chi connectivity index (χ2n) is 5.65. The van der Waals surface area contributed by atoms with Gasteiger partial charge in [-0.15, -0.1) is 11.8 Å². The molecule has 0 N–H and O–H groups in total. The van der Waals surface area contributed by atoms with Crippen LogP contribution in [0.3, 0.4) is 0 Å². The van der Waals surface area contributed by atoms with Crippen molar-refractivity contribution in [2.24, 2.45) is 5.41 Å². The van der Waals surface area contributed by atoms with E-state index in [1.165, 1.54) is 4.90 Å². The number of thioether (sulfide) groups is 1. The van der Waals surface area contributed by atoms with Crippen LogP contribution in [0, 0.1) is 5.41 Å². The van der Waals surface area contributed by atoms with Crippen molar-refractivity contribution >= 4 is 17.5 Å². The highest BCUT2D eigenvalue weighted by atomic mass is 32.2. The molecule has 0 saturated carbocycles. The third-order valence-electron chi connectivity index (χ3n) is 4.02. The van der Waals surface area contributed by atoms with Crippen LogP contribution in [-0.4, -0.2) is 11.5 Å². The summed E-state index contributed by atoms with van der Waals surface area (Å²) in [5.74, 6) is 1.30. The number of Topliss-reactive ketones (excluding diaryl/α,β-unsaturated/α-hetero) is 1. The van der Waals surface area contributed by atoms with Gasteiger partial charge in [-0.2, -0.15) is 0 Å². The lowest BCUT2D eigenvalue weighted by molar-refractivity contribution is -0.126. The van der Waals surface area contributed by atoms with E-state index in [1.54, 1.807) is 6.92 Å². The lowest BCUT2D eigenvalue weighted by Crippen LogP contribution is -2.32. The summed E-state index contributed by atoms with van der Waals surface area (Å²) in [5, 5.41) is 0. The summed E-state index contributed by atoms with van der Waals surface area (Å²) in [6.07, 6.45) is 6.71. The molecule has 0 aliphatic heterocycles. The minimum atomic E-state index is -0.119. The summed E-state index contributed by atoms with van der Waals surface area (Å²) in [7, 11) is 0. The second-order valence-corrected chi connectivity index (χ2v) is 6.69. The second kappa shape index (κ2) is 9.23. The number of carbonyl (C=O) groups excluding carboxylic acids is 1. The Hall–Kier alpha value is -0.760. The lowest BCUT2D eigenvalue weighted by Gasteiger charge is -2.31. The summed E-state index contributed by atoms with van der Waals surface area (Å²) in [6, 6.07) is 10.4. The molecule has 112 valence electrons. The predicted octanol–water partition coefficient (Wildman–Crippen LogP) is 5.73. The van der Waals surface area contributed by atoms with E-state index in [0.29, 0.717) is 5.78 Å². The Kier molecular flexibility index (Phi) is 7.98. The van der Waals surface area contributed by atoms with Gasteiger partial charge >= 0.3 is 0 Å². The standard InChI is InChI=1S/C18H28OS/c1-4-6-13-18(16(3)19,14-7-5-2)15-20-17-11-9-8-10-12-17/h8-12H,4-7,13-15H2,1-3H3. The molecular weight excluding hydrogens is 264 g/mol. The third-order valence-corrected chi connectivity index (χ3v) is 5.33. The minimum absolute atomic E-state index is 0.119. The van der Waals surface area contributed by atoms with Gasteiger partial charge in [0.1, 0.15) is 5.78 Å². The smallest absolute Gasteiger partial charge is 0.136 e. The van der Waals surface area contributed by atoms with Gasteiger partial charge in [-0.3, -0.25) is 4.79 Å². The third kappa shape index (κ3) is 5.32. The van der Waals surface area contributed by atoms with Crippen molar-refractivity contribution in [1.82, 2.24) is 0 Å². The molecule has 0 saturated heterocycles. The summed E-state index contributed by atoms with van der Waals surface area (Å²) in [6.45, 7) is 6.20. The molecule has 1 rings (SSSR count). The zero-order valence-corrected chi connectivity index (χ0v) is 14.0. The van der Waals surface area contributed by atoms with Gasteiger partial charge in [-0.1, -0.05) is 57.7 Å². The molecule has 1 nitrogen and oxygen atoms in total. The van der Waals surface area contributed by atoms with E-state index in [4.69, 9.17) is 0 Å². The highest BCUT2D eigenvalue weighted by molar-refractivity contribution is 7.99. The number of rotatable bonds is 10. The molecule has 0 bridgehead atoms. The monoisotopic (exact) mass is 292 g/mol. The highest BCUT2D eigenvalue weighted by Crippen LogP contribution is 2.38. The molecule has 0 amide bonds. The van der Waals surface area contributed by atoms with Crippen LogP contribution in [0.15, 0.2) is 35.2 Å². The van der Waals surface area contributed by atoms with Gasteiger partial charge in [0.05, 0.1) is 0 Å². The van der Waals surface area contributed by atoms with Gasteiger partial charge in [0.25, 0.3) is 0 Å². The van der Waals surface area contributed by atoms with Crippen molar-refractivity contribution in [2.75, 3.05) is 5.75 Å². The minimum Gasteiger partial charge on any atom is -0.299 e. The Morgan fingerprint density at radius 3 is 2.05 bits per heavy atom. The van der Waals surface area contributed by atoms with Crippen LogP contribution >= 0.6 is 11.8 Å². The molecule has 0 heterocycles. The lowest BCUT2D eigenvalue weighted by atomic mass is 9.77. The number of carbonyl (C=O) groups is 1. The summed E-state index contributed by atoms with van der Waals surface area (Å²) < 4.78 is 0. The van der Waals surface area contributed by atoms with E-state index in [2.05, 4.69) is 38.1 Å². The van der Waals surface area contributed by atoms with Gasteiger partial charge in [0, 0.05) is 16.1 Å². The number of hydrogen-bond donors (Lipinski definition) is 0. The Balaban J connectivity index is 2.75. The normalized spacial score (nSPS) is 11.6. The van der Waals surface area contributed by atoms with Crippen molar-refractivity contribution in [2.45, 2.75) is 64.2 Å². The van der Waals surface area contributed by atoms with Crippen molar-refractivity contribution < 1.29 is 4.79 Å². The zero-order chi connectivity index (χ0) is 14.8. The van der Waals surface area contributed by atoms with Crippen LogP contribution in [0.5, 0.6) is 0 Å². The highest BCUT2D eigenvalue weighted by Gasteiger charge is 2.34. The van der Waals surface area contributed by atoms with E-state index < -0.39 is 0 Å². The fourth-order valence-electron chi connectivity index (χ4n) is 2.49. The first kappa shape index (κ1) is 17.3. The van der Waals surface area contributed by atoms with Crippen molar-refractivity contribution in [3.63, 3.8) is 0 Å². The maximum absolute atomic E-state index is 12.3. The number of ketones is 1. The Morgan fingerprint density at radius 2 is 1.60 bits per heavy atom. The first-order chi connectivity index (χ1) is 9.64. The van der Waals surface area contributed by atoms with Gasteiger partial charge in [0.15, 0.2) is 0 Å². The first-order valence-corrected chi connectivity index (χ1v) is 8.82. The van der Waals surface area contributed by atoms with Crippen molar-refractivity contribution in [3.8, 4) is 0 Å². The molecule has 0 fully saturated rings. The van der Waals surface area contributed by atoms with Crippen molar-refractivity contribution in [1.29, 1.82) is 0 Å². The molecule has 2 heteroatoms. The van der Waals surface area contributed by atoms with Crippen LogP contribution in [0.4, 0.5) is 0 Å². The first-order valence-electron chi connectivity index (χ1n) is 7.83. The average Bonchev–Trinajstić information content (AvgIpc) is 2.47. The molecule has 0 unspecified atom stereocenters. The molecule has 0 atom stereocenters. The van der Waals surface area contributed by atoms with Gasteiger partial charge in [-0.05, 0) is 31.9 Å². The maximum Gasteiger partial charge on any atom is 0.136 e. The molecule has 0 aromatic heterocycles. The Labute approximate surface area is 128 Å². The SMILES string of the molecule is CCCCC(CCCC)(CSc1ccccc1)C(C)=O. The molecular formula is C18H28OS. The number of unbranched alkanes of at least 4 members (excludes halogenated alkanes) is 2. The van der Waals surface area contributed by atoms with Crippen molar-refractivity contribution in [3.05, 3.63) is 30.3 Å². The molecule has 0 radical (unpaired) electrons. The maximum atomic E-state index is 12.3. The van der Waals surface area contributed by atoms with E-state index >= 15 is 0 Å². The van der Waals surface area contributed by atoms with E-state index in [0.717, 1.165) is 44.3 Å². The number of hydrogen-bond acceptors (Lipinski definition) is 2. The summed E-state index contributed by atoms with van der Waals surface area (Å²) in [4.78, 5) is 13.6. The quantitative estimate of drug-likeness (QED) is 0.512. The van der Waals surface area contributed by atoms with E-state index in [-0.39, 0.29) is 5.41 Å². The topological polar surface area (TPSA) is 17.1 Å².